The van der Waals surface area contributed by atoms with Crippen molar-refractivity contribution in [2.24, 2.45) is 139 Å². The van der Waals surface area contributed by atoms with Gasteiger partial charge in [-0.05, 0) is 293 Å². The fraction of sp³-hybridized carbons (Fsp3) is 0.926. The Labute approximate surface area is 520 Å². The summed E-state index contributed by atoms with van der Waals surface area (Å²) >= 11 is 0. The van der Waals surface area contributed by atoms with Crippen molar-refractivity contribution >= 4 is 0 Å². The number of hydrogen-bond acceptors (Lipinski definition) is 3. The average Bonchev–Trinajstić information content (AvgIpc) is 1.43. The van der Waals surface area contributed by atoms with Crippen LogP contribution < -0.4 is 0 Å². The number of aliphatic hydroxyl groups is 3. The van der Waals surface area contributed by atoms with Gasteiger partial charge >= 0.3 is 0 Å². The zero-order valence-corrected chi connectivity index (χ0v) is 58.0. The molecule has 3 heteroatoms. The molecule has 0 bridgehead atoms. The lowest BCUT2D eigenvalue weighted by atomic mass is 9.47. The van der Waals surface area contributed by atoms with E-state index < -0.39 is 0 Å². The topological polar surface area (TPSA) is 60.7 Å². The van der Waals surface area contributed by atoms with Crippen LogP contribution in [0, 0.1) is 139 Å². The Morgan fingerprint density at radius 3 is 0.845 bits per heavy atom. The van der Waals surface area contributed by atoms with E-state index in [2.05, 4.69) is 122 Å². The molecule has 3 nitrogen and oxygen atoms in total. The molecule has 9 saturated carbocycles. The second-order valence-electron chi connectivity index (χ2n) is 36.6. The van der Waals surface area contributed by atoms with Crippen LogP contribution in [0.4, 0.5) is 0 Å². The first-order valence-electron chi connectivity index (χ1n) is 37.9. The molecular weight excluding hydrogens is 1020 g/mol. The fourth-order valence-corrected chi connectivity index (χ4v) is 26.0. The van der Waals surface area contributed by atoms with E-state index in [4.69, 9.17) is 0 Å². The predicted octanol–water partition coefficient (Wildman–Crippen LogP) is 22.2. The van der Waals surface area contributed by atoms with Crippen LogP contribution in [0.1, 0.15) is 316 Å². The Kier molecular flexibility index (Phi) is 20.7. The van der Waals surface area contributed by atoms with E-state index in [-0.39, 0.29) is 18.3 Å². The van der Waals surface area contributed by atoms with E-state index in [1.165, 1.54) is 173 Å². The second kappa shape index (κ2) is 26.4. The van der Waals surface area contributed by atoms with Crippen molar-refractivity contribution in [3.63, 3.8) is 0 Å². The van der Waals surface area contributed by atoms with Gasteiger partial charge in [-0.25, -0.2) is 0 Å². The molecule has 0 spiro atoms. The molecule has 0 saturated heterocycles. The molecule has 9 fully saturated rings. The minimum atomic E-state index is -0.0766. The van der Waals surface area contributed by atoms with Crippen LogP contribution in [-0.4, -0.2) is 33.6 Å². The van der Waals surface area contributed by atoms with Crippen molar-refractivity contribution in [2.45, 2.75) is 334 Å². The maximum atomic E-state index is 10.2. The van der Waals surface area contributed by atoms with E-state index in [1.54, 1.807) is 16.7 Å². The summed E-state index contributed by atoms with van der Waals surface area (Å²) in [5, 5.41) is 30.6. The molecule has 24 unspecified atom stereocenters. The third kappa shape index (κ3) is 12.6. The summed E-state index contributed by atoms with van der Waals surface area (Å²) in [6.45, 7) is 37.7. The van der Waals surface area contributed by atoms with E-state index in [9.17, 15) is 15.3 Å². The lowest BCUT2D eigenvalue weighted by molar-refractivity contribution is -0.0573. The summed E-state index contributed by atoms with van der Waals surface area (Å²) in [6, 6.07) is 0. The lowest BCUT2D eigenvalue weighted by Gasteiger charge is -2.58. The van der Waals surface area contributed by atoms with Crippen molar-refractivity contribution in [2.75, 3.05) is 0 Å². The first-order chi connectivity index (χ1) is 39.8. The number of allylic oxidation sites excluding steroid dienone is 3. The maximum Gasteiger partial charge on any atom is 0.0577 e. The van der Waals surface area contributed by atoms with Gasteiger partial charge < -0.3 is 15.3 Å². The largest absolute Gasteiger partial charge is 0.393 e. The molecule has 0 heterocycles. The fourth-order valence-electron chi connectivity index (χ4n) is 26.0. The number of fused-ring (bicyclic) bond motifs is 15. The lowest BCUT2D eigenvalue weighted by Crippen LogP contribution is -2.50. The molecule has 0 radical (unpaired) electrons. The van der Waals surface area contributed by atoms with Crippen LogP contribution in [0.15, 0.2) is 34.9 Å². The first-order valence-corrected chi connectivity index (χ1v) is 37.9. The summed E-state index contributed by atoms with van der Waals surface area (Å²) in [5.74, 6) is 16.4. The second-order valence-corrected chi connectivity index (χ2v) is 36.6. The van der Waals surface area contributed by atoms with Gasteiger partial charge in [0.05, 0.1) is 18.3 Å². The van der Waals surface area contributed by atoms with Crippen molar-refractivity contribution in [1.29, 1.82) is 0 Å². The molecule has 24 atom stereocenters. The SMILES string of the molecule is CC(C)CCCC(C)C1CCC2C3CC=C4CC(O)CCC4(C)C3CCC12C.CC(C)CCCC(C)C1CCC2C3CC=C4CC(O)CCC4(C)C3CCC12C.CC(C)CCCC(C)C1CCC2C3CC=C4CC(O)CCC4(C)C3CCC12C. The molecule has 0 aromatic heterocycles. The number of rotatable bonds is 15. The van der Waals surface area contributed by atoms with E-state index in [0.29, 0.717) is 32.5 Å². The van der Waals surface area contributed by atoms with Crippen molar-refractivity contribution in [1.82, 2.24) is 0 Å². The third-order valence-corrected chi connectivity index (χ3v) is 30.8. The highest BCUT2D eigenvalue weighted by molar-refractivity contribution is 5.28. The molecule has 12 rings (SSSR count). The molecule has 0 aromatic carbocycles. The summed E-state index contributed by atoms with van der Waals surface area (Å²) in [7, 11) is 0. The Morgan fingerprint density at radius 2 is 0.595 bits per heavy atom. The summed E-state index contributed by atoms with van der Waals surface area (Å²) in [5.41, 5.74) is 7.81. The van der Waals surface area contributed by atoms with Crippen LogP contribution in [0.2, 0.25) is 0 Å². The standard InChI is InChI=1S/3C27H46O/c3*1-18(2)7-6-8-19(3)23-11-12-24-22-10-9-20-17-21(28)13-15-26(20,4)25(22)14-16-27(23,24)5/h3*9,18-19,21-25,28H,6-8,10-17H2,1-5H3. The Hall–Kier alpha value is -0.900. The Balaban J connectivity index is 0.000000140. The summed E-state index contributed by atoms with van der Waals surface area (Å²) < 4.78 is 0. The van der Waals surface area contributed by atoms with Crippen LogP contribution in [0.25, 0.3) is 0 Å². The highest BCUT2D eigenvalue weighted by Gasteiger charge is 2.62. The minimum Gasteiger partial charge on any atom is -0.393 e. The van der Waals surface area contributed by atoms with E-state index in [1.807, 2.05) is 0 Å². The van der Waals surface area contributed by atoms with Gasteiger partial charge in [0, 0.05) is 0 Å². The molecular formula is C81H138O3. The summed E-state index contributed by atoms with van der Waals surface area (Å²) in [6.07, 6.45) is 51.5. The van der Waals surface area contributed by atoms with E-state index in [0.717, 1.165) is 145 Å². The number of hydrogen-bond donors (Lipinski definition) is 3. The van der Waals surface area contributed by atoms with Gasteiger partial charge in [0.25, 0.3) is 0 Å². The van der Waals surface area contributed by atoms with Gasteiger partial charge in [-0.3, -0.25) is 0 Å². The van der Waals surface area contributed by atoms with E-state index >= 15 is 0 Å². The average molecular weight is 1160 g/mol. The van der Waals surface area contributed by atoms with Crippen molar-refractivity contribution in [3.05, 3.63) is 34.9 Å². The smallest absolute Gasteiger partial charge is 0.0577 e. The molecule has 12 aliphatic carbocycles. The molecule has 84 heavy (non-hydrogen) atoms. The van der Waals surface area contributed by atoms with Crippen LogP contribution >= 0.6 is 0 Å². The summed E-state index contributed by atoms with van der Waals surface area (Å²) in [4.78, 5) is 0. The zero-order valence-electron chi connectivity index (χ0n) is 58.0. The van der Waals surface area contributed by atoms with Gasteiger partial charge in [-0.1, -0.05) is 197 Å². The molecule has 0 aliphatic heterocycles. The highest BCUT2D eigenvalue weighted by atomic mass is 16.3. The first kappa shape index (κ1) is 66.0. The normalized spacial score (nSPS) is 46.5. The van der Waals surface area contributed by atoms with Gasteiger partial charge in [0.1, 0.15) is 0 Å². The molecule has 12 aliphatic rings. The number of aliphatic hydroxyl groups excluding tert-OH is 3. The highest BCUT2D eigenvalue weighted by Crippen LogP contribution is 2.71. The third-order valence-electron chi connectivity index (χ3n) is 30.8. The monoisotopic (exact) mass is 1160 g/mol. The predicted molar refractivity (Wildman–Crippen MR) is 357 cm³/mol. The van der Waals surface area contributed by atoms with Crippen molar-refractivity contribution in [3.8, 4) is 0 Å². The van der Waals surface area contributed by atoms with Crippen molar-refractivity contribution < 1.29 is 15.3 Å². The molecule has 3 N–H and O–H groups in total. The Bertz CT molecular complexity index is 2020. The Morgan fingerprint density at radius 1 is 0.333 bits per heavy atom. The van der Waals surface area contributed by atoms with Crippen LogP contribution in [0.5, 0.6) is 0 Å². The van der Waals surface area contributed by atoms with Gasteiger partial charge in [0.15, 0.2) is 0 Å². The van der Waals surface area contributed by atoms with Gasteiger partial charge in [-0.15, -0.1) is 0 Å². The molecule has 480 valence electrons. The molecule has 0 aromatic rings. The van der Waals surface area contributed by atoms with Gasteiger partial charge in [0.2, 0.25) is 0 Å². The zero-order chi connectivity index (χ0) is 60.3. The maximum absolute atomic E-state index is 10.2. The minimum absolute atomic E-state index is 0.0766. The molecule has 0 amide bonds. The van der Waals surface area contributed by atoms with Crippen LogP contribution in [0.3, 0.4) is 0 Å². The van der Waals surface area contributed by atoms with Gasteiger partial charge in [-0.2, -0.15) is 0 Å². The quantitative estimate of drug-likeness (QED) is 0.143. The van der Waals surface area contributed by atoms with Crippen LogP contribution in [-0.2, 0) is 0 Å².